The van der Waals surface area contributed by atoms with Crippen LogP contribution < -0.4 is 4.90 Å². The summed E-state index contributed by atoms with van der Waals surface area (Å²) in [6, 6.07) is 5.50. The van der Waals surface area contributed by atoms with Crippen LogP contribution in [0.5, 0.6) is 0 Å². The Morgan fingerprint density at radius 3 is 2.23 bits per heavy atom. The van der Waals surface area contributed by atoms with Crippen molar-refractivity contribution in [2.24, 2.45) is 0 Å². The summed E-state index contributed by atoms with van der Waals surface area (Å²) in [7, 11) is 2.01. The Balaban J connectivity index is 2.00. The number of unbranched alkanes of at least 4 members (excludes halogenated alkanes) is 1. The van der Waals surface area contributed by atoms with Gasteiger partial charge in [-0.3, -0.25) is 0 Å². The molecule has 0 saturated carbocycles. The van der Waals surface area contributed by atoms with Gasteiger partial charge in [-0.15, -0.1) is 0 Å². The summed E-state index contributed by atoms with van der Waals surface area (Å²) in [6.45, 7) is 23.5. The third kappa shape index (κ3) is 6.49. The predicted molar refractivity (Wildman–Crippen MR) is 134 cm³/mol. The van der Waals surface area contributed by atoms with Crippen LogP contribution in [0.15, 0.2) is 59.8 Å². The highest BCUT2D eigenvalue weighted by Gasteiger charge is 2.21. The number of allylic oxidation sites excluding steroid dienone is 4. The quantitative estimate of drug-likeness (QED) is 0.420. The predicted octanol–water partition coefficient (Wildman–Crippen LogP) is 6.47. The van der Waals surface area contributed by atoms with Gasteiger partial charge in [-0.05, 0) is 57.9 Å². The van der Waals surface area contributed by atoms with E-state index in [-0.39, 0.29) is 5.82 Å². The van der Waals surface area contributed by atoms with Crippen LogP contribution in [0.1, 0.15) is 53.0 Å². The summed E-state index contributed by atoms with van der Waals surface area (Å²) in [5.41, 5.74) is 7.13. The van der Waals surface area contributed by atoms with Crippen LogP contribution in [-0.4, -0.2) is 49.6 Å². The molecule has 2 rings (SSSR count). The average molecular weight is 426 g/mol. The second-order valence-electron chi connectivity index (χ2n) is 8.82. The summed E-state index contributed by atoms with van der Waals surface area (Å²) in [5.74, 6) is -0.200. The number of halogens is 1. The smallest absolute Gasteiger partial charge is 0.134 e. The average Bonchev–Trinajstić information content (AvgIpc) is 2.76. The number of benzene rings is 1. The molecule has 0 aromatic heterocycles. The molecule has 0 bridgehead atoms. The van der Waals surface area contributed by atoms with Gasteiger partial charge in [0.25, 0.3) is 0 Å². The number of anilines is 1. The molecule has 0 unspecified atom stereocenters. The van der Waals surface area contributed by atoms with Gasteiger partial charge in [-0.2, -0.15) is 0 Å². The van der Waals surface area contributed by atoms with Gasteiger partial charge in [0.05, 0.1) is 0 Å². The van der Waals surface area contributed by atoms with Crippen LogP contribution in [0.2, 0.25) is 0 Å². The first-order valence-corrected chi connectivity index (χ1v) is 11.4. The summed E-state index contributed by atoms with van der Waals surface area (Å²) >= 11 is 0. The second-order valence-corrected chi connectivity index (χ2v) is 8.82. The van der Waals surface area contributed by atoms with Crippen LogP contribution >= 0.6 is 0 Å². The van der Waals surface area contributed by atoms with Gasteiger partial charge in [0.2, 0.25) is 0 Å². The lowest BCUT2D eigenvalue weighted by Crippen LogP contribution is -2.44. The van der Waals surface area contributed by atoms with E-state index >= 15 is 0 Å². The lowest BCUT2D eigenvalue weighted by atomic mass is 10.1. The number of rotatable bonds is 9. The molecule has 0 radical (unpaired) electrons. The highest BCUT2D eigenvalue weighted by atomic mass is 19.1. The van der Waals surface area contributed by atoms with E-state index < -0.39 is 0 Å². The van der Waals surface area contributed by atoms with E-state index in [4.69, 9.17) is 0 Å². The fraction of sp³-hybridized carbons (Fsp3) is 0.481. The van der Waals surface area contributed by atoms with Crippen molar-refractivity contribution in [3.05, 3.63) is 71.2 Å². The molecule has 1 aliphatic heterocycles. The highest BCUT2D eigenvalue weighted by molar-refractivity contribution is 5.65. The Morgan fingerprint density at radius 1 is 1.06 bits per heavy atom. The number of hydrogen-bond acceptors (Lipinski definition) is 3. The Bertz CT molecular complexity index is 853. The standard InChI is InChI=1S/C27H40FN3/c1-9-10-13-29(8)25-11-12-26(27(28)19-25)24(7)31-16-14-30(15-17-31)23(6)22(5)18-21(4)20(2)3/h11-12,18-19H,6-7,9-10,13-17H2,1-5,8H3/b22-18-. The SMILES string of the molecule is C=C(/C(C)=C\C(C)=C(C)C)N1CCN(C(=C)c2ccc(N(C)CCCC)cc2F)CC1. The third-order valence-corrected chi connectivity index (χ3v) is 6.27. The number of hydrogen-bond donors (Lipinski definition) is 0. The van der Waals surface area contributed by atoms with E-state index in [1.165, 1.54) is 16.7 Å². The Labute approximate surface area is 189 Å². The zero-order valence-electron chi connectivity index (χ0n) is 20.4. The zero-order chi connectivity index (χ0) is 23.1. The summed E-state index contributed by atoms with van der Waals surface area (Å²) in [4.78, 5) is 6.61. The van der Waals surface area contributed by atoms with Crippen LogP contribution in [0.4, 0.5) is 10.1 Å². The molecule has 31 heavy (non-hydrogen) atoms. The van der Waals surface area contributed by atoms with Gasteiger partial charge in [0.1, 0.15) is 5.82 Å². The molecule has 1 aromatic carbocycles. The lowest BCUT2D eigenvalue weighted by molar-refractivity contribution is 0.217. The third-order valence-electron chi connectivity index (χ3n) is 6.27. The molecule has 1 fully saturated rings. The highest BCUT2D eigenvalue weighted by Crippen LogP contribution is 2.27. The molecule has 1 aromatic rings. The largest absolute Gasteiger partial charge is 0.375 e. The first-order chi connectivity index (χ1) is 14.6. The van der Waals surface area contributed by atoms with E-state index in [2.05, 4.69) is 68.6 Å². The van der Waals surface area contributed by atoms with Crippen molar-refractivity contribution < 1.29 is 4.39 Å². The van der Waals surface area contributed by atoms with Crippen molar-refractivity contribution in [3.8, 4) is 0 Å². The molecule has 1 saturated heterocycles. The van der Waals surface area contributed by atoms with Crippen molar-refractivity contribution in [3.63, 3.8) is 0 Å². The van der Waals surface area contributed by atoms with Gasteiger partial charge in [0.15, 0.2) is 0 Å². The molecule has 0 atom stereocenters. The topological polar surface area (TPSA) is 9.72 Å². The zero-order valence-corrected chi connectivity index (χ0v) is 20.4. The van der Waals surface area contributed by atoms with Crippen molar-refractivity contribution >= 4 is 11.4 Å². The Hall–Kier alpha value is -2.49. The number of piperazine rings is 1. The van der Waals surface area contributed by atoms with Crippen LogP contribution in [0.3, 0.4) is 0 Å². The fourth-order valence-electron chi connectivity index (χ4n) is 3.72. The van der Waals surface area contributed by atoms with Gasteiger partial charge < -0.3 is 14.7 Å². The molecule has 0 aliphatic carbocycles. The van der Waals surface area contributed by atoms with Gasteiger partial charge in [0, 0.05) is 62.4 Å². The molecule has 1 aliphatic rings. The van der Waals surface area contributed by atoms with E-state index in [0.717, 1.165) is 62.6 Å². The van der Waals surface area contributed by atoms with E-state index in [1.54, 1.807) is 6.07 Å². The molecule has 0 spiro atoms. The summed E-state index contributed by atoms with van der Waals surface area (Å²) < 4.78 is 14.9. The van der Waals surface area contributed by atoms with Crippen molar-refractivity contribution in [1.29, 1.82) is 0 Å². The minimum atomic E-state index is -0.200. The Morgan fingerprint density at radius 2 is 1.68 bits per heavy atom. The molecule has 0 amide bonds. The van der Waals surface area contributed by atoms with Crippen molar-refractivity contribution in [2.45, 2.75) is 47.5 Å². The van der Waals surface area contributed by atoms with E-state index in [1.807, 2.05) is 19.2 Å². The number of nitrogens with zero attached hydrogens (tertiary/aromatic N) is 3. The molecular formula is C27H40FN3. The minimum Gasteiger partial charge on any atom is -0.375 e. The summed E-state index contributed by atoms with van der Waals surface area (Å²) in [6.07, 6.45) is 4.44. The monoisotopic (exact) mass is 425 g/mol. The maximum atomic E-state index is 14.9. The molecule has 3 nitrogen and oxygen atoms in total. The molecule has 4 heteroatoms. The van der Waals surface area contributed by atoms with Crippen LogP contribution in [0.25, 0.3) is 5.70 Å². The summed E-state index contributed by atoms with van der Waals surface area (Å²) in [5, 5.41) is 0. The molecule has 0 N–H and O–H groups in total. The lowest BCUT2D eigenvalue weighted by Gasteiger charge is -2.39. The van der Waals surface area contributed by atoms with Crippen molar-refractivity contribution in [2.75, 3.05) is 44.7 Å². The first-order valence-electron chi connectivity index (χ1n) is 11.4. The first kappa shape index (κ1) is 24.8. The fourth-order valence-corrected chi connectivity index (χ4v) is 3.72. The maximum absolute atomic E-state index is 14.9. The Kier molecular flexibility index (Phi) is 8.97. The van der Waals surface area contributed by atoms with E-state index in [0.29, 0.717) is 5.56 Å². The van der Waals surface area contributed by atoms with Crippen LogP contribution in [0, 0.1) is 5.82 Å². The second kappa shape index (κ2) is 11.2. The minimum absolute atomic E-state index is 0.200. The molecule has 170 valence electrons. The molecule has 1 heterocycles. The maximum Gasteiger partial charge on any atom is 0.134 e. The molecular weight excluding hydrogens is 385 g/mol. The van der Waals surface area contributed by atoms with Crippen molar-refractivity contribution in [1.82, 2.24) is 9.80 Å². The van der Waals surface area contributed by atoms with Gasteiger partial charge in [-0.1, -0.05) is 43.7 Å². The van der Waals surface area contributed by atoms with Gasteiger partial charge >= 0.3 is 0 Å². The van der Waals surface area contributed by atoms with Crippen LogP contribution in [-0.2, 0) is 0 Å². The van der Waals surface area contributed by atoms with E-state index in [9.17, 15) is 4.39 Å². The normalized spacial score (nSPS) is 14.5. The van der Waals surface area contributed by atoms with Gasteiger partial charge in [-0.25, -0.2) is 4.39 Å².